The van der Waals surface area contributed by atoms with Gasteiger partial charge in [-0.15, -0.1) is 0 Å². The van der Waals surface area contributed by atoms with Crippen LogP contribution in [0.5, 0.6) is 0 Å². The van der Waals surface area contributed by atoms with E-state index in [9.17, 15) is 4.79 Å². The average molecular weight is 348 g/mol. The van der Waals surface area contributed by atoms with Gasteiger partial charge >= 0.3 is 7.12 Å². The van der Waals surface area contributed by atoms with Crippen LogP contribution in [-0.4, -0.2) is 34.2 Å². The SMILES string of the molecule is CC(=O)SCC(=Cc1cc(C)cc(N)n1)B1OC(C)(C)C(C)(C)O1. The Kier molecular flexibility index (Phi) is 5.47. The molecule has 0 aliphatic carbocycles. The van der Waals surface area contributed by atoms with Crippen LogP contribution in [-0.2, 0) is 14.1 Å². The molecule has 7 heteroatoms. The lowest BCUT2D eigenvalue weighted by molar-refractivity contribution is -0.109. The number of pyridine rings is 1. The number of anilines is 1. The fourth-order valence-corrected chi connectivity index (χ4v) is 2.93. The standard InChI is InChI=1S/C17H25BN2O3S/c1-11-7-14(20-15(19)8-11)9-13(10-24-12(2)21)18-22-16(3,4)17(5,6)23-18/h7-9H,10H2,1-6H3,(H2,19,20). The average Bonchev–Trinajstić information content (AvgIpc) is 2.62. The molecule has 1 saturated heterocycles. The molecule has 5 nitrogen and oxygen atoms in total. The third-order valence-corrected chi connectivity index (χ3v) is 5.22. The van der Waals surface area contributed by atoms with E-state index in [0.717, 1.165) is 16.7 Å². The minimum Gasteiger partial charge on any atom is -0.400 e. The van der Waals surface area contributed by atoms with Gasteiger partial charge in [-0.2, -0.15) is 0 Å². The lowest BCUT2D eigenvalue weighted by atomic mass is 9.78. The first kappa shape index (κ1) is 19.0. The molecule has 2 N–H and O–H groups in total. The van der Waals surface area contributed by atoms with Crippen molar-refractivity contribution in [3.8, 4) is 0 Å². The van der Waals surface area contributed by atoms with Crippen molar-refractivity contribution in [3.63, 3.8) is 0 Å². The van der Waals surface area contributed by atoms with Crippen LogP contribution in [0.4, 0.5) is 5.82 Å². The molecular weight excluding hydrogens is 323 g/mol. The molecule has 0 unspecified atom stereocenters. The molecular formula is C17H25BN2O3S. The van der Waals surface area contributed by atoms with Crippen LogP contribution >= 0.6 is 11.8 Å². The minimum absolute atomic E-state index is 0.0501. The number of carbonyl (C=O) groups is 1. The summed E-state index contributed by atoms with van der Waals surface area (Å²) < 4.78 is 12.2. The van der Waals surface area contributed by atoms with Gasteiger partial charge in [0.2, 0.25) is 0 Å². The second-order valence-electron chi connectivity index (χ2n) is 7.08. The van der Waals surface area contributed by atoms with Crippen LogP contribution in [0.25, 0.3) is 6.08 Å². The maximum atomic E-state index is 11.4. The highest BCUT2D eigenvalue weighted by atomic mass is 32.2. The molecule has 0 amide bonds. The first-order chi connectivity index (χ1) is 11.0. The number of hydrogen-bond donors (Lipinski definition) is 1. The monoisotopic (exact) mass is 348 g/mol. The molecule has 24 heavy (non-hydrogen) atoms. The van der Waals surface area contributed by atoms with Gasteiger partial charge in [0.05, 0.1) is 16.9 Å². The van der Waals surface area contributed by atoms with Crippen molar-refractivity contribution < 1.29 is 14.1 Å². The zero-order chi connectivity index (χ0) is 18.1. The number of rotatable bonds is 4. The predicted octanol–water partition coefficient (Wildman–Crippen LogP) is 3.27. The number of carbonyl (C=O) groups excluding carboxylic acids is 1. The van der Waals surface area contributed by atoms with Crippen molar-refractivity contribution in [2.24, 2.45) is 0 Å². The van der Waals surface area contributed by atoms with Gasteiger partial charge < -0.3 is 15.0 Å². The summed E-state index contributed by atoms with van der Waals surface area (Å²) in [6, 6.07) is 3.76. The lowest BCUT2D eigenvalue weighted by Crippen LogP contribution is -2.41. The summed E-state index contributed by atoms with van der Waals surface area (Å²) in [6.07, 6.45) is 1.90. The Bertz CT molecular complexity index is 638. The van der Waals surface area contributed by atoms with Gasteiger partial charge in [0.25, 0.3) is 0 Å². The van der Waals surface area contributed by atoms with Crippen molar-refractivity contribution in [2.75, 3.05) is 11.5 Å². The Morgan fingerprint density at radius 2 is 1.88 bits per heavy atom. The molecule has 1 fully saturated rings. The van der Waals surface area contributed by atoms with E-state index in [0.29, 0.717) is 11.6 Å². The fraction of sp³-hybridized carbons (Fsp3) is 0.529. The highest BCUT2D eigenvalue weighted by molar-refractivity contribution is 8.13. The molecule has 0 spiro atoms. The topological polar surface area (TPSA) is 74.4 Å². The number of nitrogens with two attached hydrogens (primary N) is 1. The van der Waals surface area contributed by atoms with Crippen molar-refractivity contribution in [1.29, 1.82) is 0 Å². The van der Waals surface area contributed by atoms with Crippen molar-refractivity contribution in [1.82, 2.24) is 4.98 Å². The molecule has 0 bridgehead atoms. The highest BCUT2D eigenvalue weighted by Gasteiger charge is 2.52. The summed E-state index contributed by atoms with van der Waals surface area (Å²) in [7, 11) is -0.509. The van der Waals surface area contributed by atoms with Gasteiger partial charge in [0.1, 0.15) is 5.82 Å². The number of aryl methyl sites for hydroxylation is 1. The van der Waals surface area contributed by atoms with Crippen molar-refractivity contribution >= 4 is 35.9 Å². The normalized spacial score (nSPS) is 19.6. The van der Waals surface area contributed by atoms with E-state index in [-0.39, 0.29) is 5.12 Å². The molecule has 2 heterocycles. The van der Waals surface area contributed by atoms with Gasteiger partial charge in [0, 0.05) is 12.7 Å². The Morgan fingerprint density at radius 1 is 1.29 bits per heavy atom. The zero-order valence-electron chi connectivity index (χ0n) is 15.2. The smallest absolute Gasteiger partial charge is 0.400 e. The first-order valence-electron chi connectivity index (χ1n) is 7.94. The maximum absolute atomic E-state index is 11.4. The number of nitrogens with zero attached hydrogens (tertiary/aromatic N) is 1. The second-order valence-corrected chi connectivity index (χ2v) is 8.23. The van der Waals surface area contributed by atoms with Gasteiger partial charge in [-0.05, 0) is 63.9 Å². The lowest BCUT2D eigenvalue weighted by Gasteiger charge is -2.32. The molecule has 0 saturated carbocycles. The van der Waals surface area contributed by atoms with Crippen LogP contribution in [0.1, 0.15) is 45.9 Å². The summed E-state index contributed by atoms with van der Waals surface area (Å²) in [4.78, 5) is 15.7. The Morgan fingerprint density at radius 3 is 2.38 bits per heavy atom. The predicted molar refractivity (Wildman–Crippen MR) is 101 cm³/mol. The fourth-order valence-electron chi connectivity index (χ4n) is 2.34. The van der Waals surface area contributed by atoms with E-state index in [1.807, 2.05) is 52.8 Å². The number of hydrogen-bond acceptors (Lipinski definition) is 6. The molecule has 130 valence electrons. The molecule has 1 aliphatic rings. The summed E-state index contributed by atoms with van der Waals surface area (Å²) in [5, 5.41) is 0.0501. The van der Waals surface area contributed by atoms with Gasteiger partial charge in [-0.3, -0.25) is 4.79 Å². The van der Waals surface area contributed by atoms with Crippen LogP contribution in [0.15, 0.2) is 17.6 Å². The molecule has 1 aromatic heterocycles. The largest absolute Gasteiger partial charge is 0.491 e. The summed E-state index contributed by atoms with van der Waals surface area (Å²) >= 11 is 1.23. The van der Waals surface area contributed by atoms with Gasteiger partial charge in [0.15, 0.2) is 5.12 Å². The van der Waals surface area contributed by atoms with Crippen molar-refractivity contribution in [2.45, 2.75) is 52.7 Å². The van der Waals surface area contributed by atoms with Crippen molar-refractivity contribution in [3.05, 3.63) is 28.9 Å². The Hall–Kier alpha value is -1.31. The third kappa shape index (κ3) is 4.40. The first-order valence-corrected chi connectivity index (χ1v) is 8.92. The van der Waals surface area contributed by atoms with E-state index in [1.165, 1.54) is 11.8 Å². The number of nitrogen functional groups attached to an aromatic ring is 1. The number of aromatic nitrogens is 1. The van der Waals surface area contributed by atoms with Crippen LogP contribution in [0, 0.1) is 6.92 Å². The molecule has 2 rings (SSSR count). The minimum atomic E-state index is -0.509. The van der Waals surface area contributed by atoms with E-state index < -0.39 is 18.3 Å². The Labute approximate surface area is 148 Å². The van der Waals surface area contributed by atoms with Crippen LogP contribution < -0.4 is 5.73 Å². The zero-order valence-corrected chi connectivity index (χ0v) is 16.0. The van der Waals surface area contributed by atoms with E-state index in [2.05, 4.69) is 4.98 Å². The molecule has 1 aromatic rings. The highest BCUT2D eigenvalue weighted by Crippen LogP contribution is 2.39. The van der Waals surface area contributed by atoms with Gasteiger partial charge in [-0.1, -0.05) is 11.8 Å². The summed E-state index contributed by atoms with van der Waals surface area (Å²) in [6.45, 7) is 11.5. The maximum Gasteiger partial charge on any atom is 0.491 e. The van der Waals surface area contributed by atoms with Crippen LogP contribution in [0.2, 0.25) is 0 Å². The molecule has 0 radical (unpaired) electrons. The summed E-state index contributed by atoms with van der Waals surface area (Å²) in [5.74, 6) is 0.954. The third-order valence-electron chi connectivity index (χ3n) is 4.34. The van der Waals surface area contributed by atoms with Gasteiger partial charge in [-0.25, -0.2) is 4.98 Å². The molecule has 0 atom stereocenters. The quantitative estimate of drug-likeness (QED) is 0.842. The Balaban J connectivity index is 2.35. The van der Waals surface area contributed by atoms with E-state index in [1.54, 1.807) is 6.92 Å². The summed E-state index contributed by atoms with van der Waals surface area (Å²) in [5.41, 5.74) is 7.60. The molecule has 1 aliphatic heterocycles. The van der Waals surface area contributed by atoms with E-state index >= 15 is 0 Å². The second kappa shape index (κ2) is 6.90. The van der Waals surface area contributed by atoms with E-state index in [4.69, 9.17) is 15.0 Å². The molecule has 0 aromatic carbocycles. The number of thioether (sulfide) groups is 1. The van der Waals surface area contributed by atoms with Crippen LogP contribution in [0.3, 0.4) is 0 Å².